The van der Waals surface area contributed by atoms with Gasteiger partial charge >= 0.3 is 6.09 Å². The van der Waals surface area contributed by atoms with Gasteiger partial charge in [0.25, 0.3) is 0 Å². The minimum Gasteiger partial charge on any atom is -0.493 e. The highest BCUT2D eigenvalue weighted by Crippen LogP contribution is 2.23. The van der Waals surface area contributed by atoms with E-state index in [1.54, 1.807) is 4.90 Å². The number of carbonyl (C=O) groups is 1. The molecule has 0 radical (unpaired) electrons. The van der Waals surface area contributed by atoms with Gasteiger partial charge in [-0.3, -0.25) is 0 Å². The Morgan fingerprint density at radius 3 is 2.52 bits per heavy atom. The third-order valence-corrected chi connectivity index (χ3v) is 3.99. The summed E-state index contributed by atoms with van der Waals surface area (Å²) in [5, 5.41) is 0. The predicted octanol–water partition coefficient (Wildman–Crippen LogP) is 3.60. The second-order valence-corrected chi connectivity index (χ2v) is 7.24. The maximum Gasteiger partial charge on any atom is 0.410 e. The topological polar surface area (TPSA) is 64.8 Å². The van der Waals surface area contributed by atoms with Crippen LogP contribution in [0.5, 0.6) is 5.75 Å². The van der Waals surface area contributed by atoms with Gasteiger partial charge in [0.15, 0.2) is 0 Å². The van der Waals surface area contributed by atoms with Gasteiger partial charge in [-0.2, -0.15) is 0 Å². The number of piperidine rings is 1. The first-order chi connectivity index (χ1) is 10.7. The van der Waals surface area contributed by atoms with Crippen molar-refractivity contribution in [2.24, 2.45) is 5.92 Å². The zero-order chi connectivity index (χ0) is 17.0. The van der Waals surface area contributed by atoms with Crippen LogP contribution in [0.2, 0.25) is 0 Å². The van der Waals surface area contributed by atoms with E-state index < -0.39 is 5.60 Å². The number of hydrogen-bond acceptors (Lipinski definition) is 4. The van der Waals surface area contributed by atoms with Crippen molar-refractivity contribution in [1.82, 2.24) is 4.90 Å². The van der Waals surface area contributed by atoms with Gasteiger partial charge in [-0.25, -0.2) is 4.79 Å². The standard InChI is InChI=1S/C18H28N2O3/c1-13-11-15(5-6-16(13)19)22-12-14-7-9-20(10-8-14)17(21)23-18(2,3)4/h5-6,11,14H,7-10,12,19H2,1-4H3. The fraction of sp³-hybridized carbons (Fsp3) is 0.611. The molecule has 128 valence electrons. The molecule has 0 spiro atoms. The third-order valence-electron chi connectivity index (χ3n) is 3.99. The van der Waals surface area contributed by atoms with Crippen LogP contribution in [-0.4, -0.2) is 36.3 Å². The average Bonchev–Trinajstić information content (AvgIpc) is 2.47. The molecule has 0 unspecified atom stereocenters. The van der Waals surface area contributed by atoms with E-state index in [4.69, 9.17) is 15.2 Å². The number of hydrogen-bond donors (Lipinski definition) is 1. The largest absolute Gasteiger partial charge is 0.493 e. The maximum atomic E-state index is 12.0. The summed E-state index contributed by atoms with van der Waals surface area (Å²) < 4.78 is 11.3. The zero-order valence-corrected chi connectivity index (χ0v) is 14.6. The smallest absolute Gasteiger partial charge is 0.410 e. The first-order valence-electron chi connectivity index (χ1n) is 8.21. The van der Waals surface area contributed by atoms with E-state index in [-0.39, 0.29) is 6.09 Å². The van der Waals surface area contributed by atoms with Crippen LogP contribution in [0.1, 0.15) is 39.2 Å². The molecule has 0 saturated carbocycles. The van der Waals surface area contributed by atoms with Crippen LogP contribution < -0.4 is 10.5 Å². The maximum absolute atomic E-state index is 12.0. The highest BCUT2D eigenvalue weighted by molar-refractivity contribution is 5.68. The van der Waals surface area contributed by atoms with Crippen molar-refractivity contribution in [2.45, 2.75) is 46.1 Å². The van der Waals surface area contributed by atoms with Crippen LogP contribution >= 0.6 is 0 Å². The van der Waals surface area contributed by atoms with Gasteiger partial charge in [-0.15, -0.1) is 0 Å². The van der Waals surface area contributed by atoms with E-state index in [9.17, 15) is 4.79 Å². The molecule has 2 rings (SSSR count). The Morgan fingerprint density at radius 1 is 1.30 bits per heavy atom. The molecule has 1 aliphatic heterocycles. The molecule has 0 bridgehead atoms. The van der Waals surface area contributed by atoms with Gasteiger partial charge in [0.05, 0.1) is 6.61 Å². The zero-order valence-electron chi connectivity index (χ0n) is 14.6. The number of likely N-dealkylation sites (tertiary alicyclic amines) is 1. The molecular weight excluding hydrogens is 292 g/mol. The van der Waals surface area contributed by atoms with Crippen molar-refractivity contribution in [3.63, 3.8) is 0 Å². The van der Waals surface area contributed by atoms with Gasteiger partial charge in [-0.1, -0.05) is 0 Å². The van der Waals surface area contributed by atoms with E-state index in [1.165, 1.54) is 0 Å². The lowest BCUT2D eigenvalue weighted by Crippen LogP contribution is -2.42. The highest BCUT2D eigenvalue weighted by Gasteiger charge is 2.27. The molecule has 23 heavy (non-hydrogen) atoms. The molecule has 1 aromatic carbocycles. The minimum absolute atomic E-state index is 0.217. The second-order valence-electron chi connectivity index (χ2n) is 7.24. The van der Waals surface area contributed by atoms with Gasteiger partial charge in [0.1, 0.15) is 11.4 Å². The van der Waals surface area contributed by atoms with Crippen LogP contribution in [0.4, 0.5) is 10.5 Å². The molecule has 1 fully saturated rings. The molecule has 5 heteroatoms. The number of aryl methyl sites for hydroxylation is 1. The Balaban J connectivity index is 1.76. The fourth-order valence-corrected chi connectivity index (χ4v) is 2.56. The Bertz CT molecular complexity index is 544. The summed E-state index contributed by atoms with van der Waals surface area (Å²) in [6.07, 6.45) is 1.66. The van der Waals surface area contributed by atoms with Crippen molar-refractivity contribution >= 4 is 11.8 Å². The van der Waals surface area contributed by atoms with Crippen LogP contribution in [0.25, 0.3) is 0 Å². The lowest BCUT2D eigenvalue weighted by Gasteiger charge is -2.33. The lowest BCUT2D eigenvalue weighted by molar-refractivity contribution is 0.0165. The summed E-state index contributed by atoms with van der Waals surface area (Å²) in [6, 6.07) is 5.74. The quantitative estimate of drug-likeness (QED) is 0.864. The van der Waals surface area contributed by atoms with Gasteiger partial charge in [0, 0.05) is 18.8 Å². The van der Waals surface area contributed by atoms with Crippen LogP contribution in [0.15, 0.2) is 18.2 Å². The van der Waals surface area contributed by atoms with Gasteiger partial charge in [0.2, 0.25) is 0 Å². The minimum atomic E-state index is -0.440. The molecule has 2 N–H and O–H groups in total. The number of nitrogens with two attached hydrogens (primary N) is 1. The van der Waals surface area contributed by atoms with Crippen LogP contribution in [0, 0.1) is 12.8 Å². The van der Waals surface area contributed by atoms with E-state index in [2.05, 4.69) is 0 Å². The molecule has 1 amide bonds. The number of anilines is 1. The highest BCUT2D eigenvalue weighted by atomic mass is 16.6. The fourth-order valence-electron chi connectivity index (χ4n) is 2.56. The number of carbonyl (C=O) groups excluding carboxylic acids is 1. The number of benzene rings is 1. The molecule has 1 aliphatic rings. The summed E-state index contributed by atoms with van der Waals surface area (Å²) >= 11 is 0. The molecule has 0 aromatic heterocycles. The lowest BCUT2D eigenvalue weighted by atomic mass is 9.98. The first kappa shape index (κ1) is 17.4. The van der Waals surface area contributed by atoms with Crippen LogP contribution in [-0.2, 0) is 4.74 Å². The van der Waals surface area contributed by atoms with E-state index >= 15 is 0 Å². The predicted molar refractivity (Wildman–Crippen MR) is 91.6 cm³/mol. The average molecular weight is 320 g/mol. The number of ether oxygens (including phenoxy) is 2. The normalized spacial score (nSPS) is 16.3. The summed E-state index contributed by atoms with van der Waals surface area (Å²) in [7, 11) is 0. The summed E-state index contributed by atoms with van der Waals surface area (Å²) in [5.41, 5.74) is 7.18. The molecule has 0 atom stereocenters. The molecule has 1 saturated heterocycles. The summed E-state index contributed by atoms with van der Waals surface area (Å²) in [4.78, 5) is 13.8. The van der Waals surface area contributed by atoms with Crippen molar-refractivity contribution < 1.29 is 14.3 Å². The number of nitrogens with zero attached hydrogens (tertiary/aromatic N) is 1. The van der Waals surface area contributed by atoms with E-state index in [1.807, 2.05) is 45.9 Å². The molecule has 0 aliphatic carbocycles. The summed E-state index contributed by atoms with van der Waals surface area (Å²) in [5.74, 6) is 1.32. The van der Waals surface area contributed by atoms with Crippen LogP contribution in [0.3, 0.4) is 0 Å². The number of rotatable bonds is 3. The van der Waals surface area contributed by atoms with E-state index in [0.29, 0.717) is 12.5 Å². The van der Waals surface area contributed by atoms with Crippen molar-refractivity contribution in [1.29, 1.82) is 0 Å². The third kappa shape index (κ3) is 5.34. The first-order valence-corrected chi connectivity index (χ1v) is 8.21. The Labute approximate surface area is 138 Å². The Kier molecular flexibility index (Phi) is 5.39. The van der Waals surface area contributed by atoms with E-state index in [0.717, 1.165) is 42.9 Å². The Hall–Kier alpha value is -1.91. The van der Waals surface area contributed by atoms with Crippen molar-refractivity contribution in [3.05, 3.63) is 23.8 Å². The van der Waals surface area contributed by atoms with Crippen molar-refractivity contribution in [2.75, 3.05) is 25.4 Å². The number of nitrogen functional groups attached to an aromatic ring is 1. The molecule has 1 heterocycles. The number of amides is 1. The van der Waals surface area contributed by atoms with Gasteiger partial charge in [-0.05, 0) is 70.2 Å². The molecule has 5 nitrogen and oxygen atoms in total. The Morgan fingerprint density at radius 2 is 1.96 bits per heavy atom. The molecule has 1 aromatic rings. The second kappa shape index (κ2) is 7.11. The SMILES string of the molecule is Cc1cc(OCC2CCN(C(=O)OC(C)(C)C)CC2)ccc1N. The monoisotopic (exact) mass is 320 g/mol. The summed E-state index contributed by atoms with van der Waals surface area (Å²) in [6.45, 7) is 9.76. The van der Waals surface area contributed by atoms with Gasteiger partial charge < -0.3 is 20.1 Å². The molecular formula is C18H28N2O3. The van der Waals surface area contributed by atoms with Crippen molar-refractivity contribution in [3.8, 4) is 5.75 Å².